The summed E-state index contributed by atoms with van der Waals surface area (Å²) in [5.74, 6) is 0. The first-order valence-corrected chi connectivity index (χ1v) is 7.40. The third kappa shape index (κ3) is 3.74. The lowest BCUT2D eigenvalue weighted by atomic mass is 10.0. The van der Waals surface area contributed by atoms with Gasteiger partial charge < -0.3 is 10.3 Å². The lowest BCUT2D eigenvalue weighted by Gasteiger charge is -2.20. The molecule has 0 aromatic carbocycles. The first-order chi connectivity index (χ1) is 11.3. The maximum absolute atomic E-state index is 13.1. The highest BCUT2D eigenvalue weighted by Crippen LogP contribution is 2.33. The molecule has 0 amide bonds. The van der Waals surface area contributed by atoms with Crippen LogP contribution in [0.1, 0.15) is 30.7 Å². The Balaban J connectivity index is 2.79. The number of hydrogen-bond acceptors (Lipinski definition) is 4. The summed E-state index contributed by atoms with van der Waals surface area (Å²) in [6, 6.07) is 2.71. The Kier molecular flexibility index (Phi) is 4.53. The molecule has 0 aliphatic carbocycles. The topological polar surface area (TPSA) is 89.6 Å². The van der Waals surface area contributed by atoms with E-state index in [1.165, 1.54) is 24.7 Å². The van der Waals surface area contributed by atoms with E-state index in [9.17, 15) is 23.2 Å². The SMILES string of the molecule is Cc1c(-c2cc(C(F)(F)F)nn2CC(C)(C)N)cn(C)c(=O)c1C#N. The lowest BCUT2D eigenvalue weighted by molar-refractivity contribution is -0.141. The van der Waals surface area contributed by atoms with Crippen molar-refractivity contribution < 1.29 is 13.2 Å². The molecule has 2 N–H and O–H groups in total. The Morgan fingerprint density at radius 3 is 2.44 bits per heavy atom. The summed E-state index contributed by atoms with van der Waals surface area (Å²) in [6.45, 7) is 4.89. The second-order valence-electron chi connectivity index (χ2n) is 6.63. The van der Waals surface area contributed by atoms with Crippen LogP contribution in [-0.4, -0.2) is 19.9 Å². The number of aryl methyl sites for hydroxylation is 1. The predicted molar refractivity (Wildman–Crippen MR) is 85.6 cm³/mol. The van der Waals surface area contributed by atoms with Gasteiger partial charge in [0.05, 0.1) is 12.2 Å². The standard InChI is InChI=1S/C16H18F3N5O/c1-9-10(6-20)14(25)23(4)7-11(9)12-5-13(16(17,18)19)22-24(12)8-15(2,3)21/h5,7H,8,21H2,1-4H3. The maximum atomic E-state index is 13.1. The van der Waals surface area contributed by atoms with Gasteiger partial charge in [0, 0.05) is 24.3 Å². The van der Waals surface area contributed by atoms with Crippen molar-refractivity contribution in [2.24, 2.45) is 12.8 Å². The zero-order valence-electron chi connectivity index (χ0n) is 14.3. The number of aromatic nitrogens is 3. The Labute approximate surface area is 142 Å². The van der Waals surface area contributed by atoms with E-state index in [0.717, 1.165) is 10.7 Å². The monoisotopic (exact) mass is 353 g/mol. The van der Waals surface area contributed by atoms with E-state index in [1.54, 1.807) is 13.8 Å². The van der Waals surface area contributed by atoms with Gasteiger partial charge >= 0.3 is 6.18 Å². The van der Waals surface area contributed by atoms with Gasteiger partial charge in [-0.15, -0.1) is 0 Å². The smallest absolute Gasteiger partial charge is 0.324 e. The number of rotatable bonds is 3. The molecule has 25 heavy (non-hydrogen) atoms. The number of nitrogens with two attached hydrogens (primary N) is 1. The molecule has 0 saturated carbocycles. The summed E-state index contributed by atoms with van der Waals surface area (Å²) in [6.07, 6.45) is -3.22. The van der Waals surface area contributed by atoms with Crippen molar-refractivity contribution in [3.05, 3.63) is 39.4 Å². The molecule has 2 rings (SSSR count). The van der Waals surface area contributed by atoms with Crippen LogP contribution < -0.4 is 11.3 Å². The van der Waals surface area contributed by atoms with Crippen LogP contribution >= 0.6 is 0 Å². The van der Waals surface area contributed by atoms with Crippen molar-refractivity contribution in [1.29, 1.82) is 5.26 Å². The quantitative estimate of drug-likeness (QED) is 0.916. The molecular weight excluding hydrogens is 335 g/mol. The van der Waals surface area contributed by atoms with Crippen molar-refractivity contribution in [3.8, 4) is 17.3 Å². The van der Waals surface area contributed by atoms with Gasteiger partial charge in [0.15, 0.2) is 5.69 Å². The molecule has 0 saturated heterocycles. The average molecular weight is 353 g/mol. The summed E-state index contributed by atoms with van der Waals surface area (Å²) in [5.41, 5.74) is 4.21. The van der Waals surface area contributed by atoms with Crippen molar-refractivity contribution >= 4 is 0 Å². The van der Waals surface area contributed by atoms with Gasteiger partial charge in [0.2, 0.25) is 0 Å². The van der Waals surface area contributed by atoms with Crippen molar-refractivity contribution in [2.75, 3.05) is 0 Å². The molecule has 0 aliphatic rings. The van der Waals surface area contributed by atoms with Crippen LogP contribution in [0.4, 0.5) is 13.2 Å². The second kappa shape index (κ2) is 6.04. The Bertz CT molecular complexity index is 910. The van der Waals surface area contributed by atoms with Crippen LogP contribution in [0.15, 0.2) is 17.1 Å². The molecule has 0 spiro atoms. The average Bonchev–Trinajstić information content (AvgIpc) is 2.85. The van der Waals surface area contributed by atoms with Crippen LogP contribution in [0.3, 0.4) is 0 Å². The summed E-state index contributed by atoms with van der Waals surface area (Å²) >= 11 is 0. The minimum absolute atomic E-state index is 0.0303. The number of pyridine rings is 1. The van der Waals surface area contributed by atoms with Gasteiger partial charge in [-0.1, -0.05) is 0 Å². The maximum Gasteiger partial charge on any atom is 0.435 e. The van der Waals surface area contributed by atoms with Crippen molar-refractivity contribution in [2.45, 2.75) is 39.0 Å². The van der Waals surface area contributed by atoms with Gasteiger partial charge in [0.25, 0.3) is 5.56 Å². The largest absolute Gasteiger partial charge is 0.435 e. The molecule has 0 unspecified atom stereocenters. The second-order valence-corrected chi connectivity index (χ2v) is 6.63. The molecule has 0 radical (unpaired) electrons. The zero-order chi connectivity index (χ0) is 19.2. The summed E-state index contributed by atoms with van der Waals surface area (Å²) < 4.78 is 41.6. The van der Waals surface area contributed by atoms with Gasteiger partial charge in [-0.2, -0.15) is 23.5 Å². The van der Waals surface area contributed by atoms with E-state index in [0.29, 0.717) is 11.1 Å². The molecule has 2 aromatic heterocycles. The molecule has 0 aliphatic heterocycles. The van der Waals surface area contributed by atoms with Crippen molar-refractivity contribution in [1.82, 2.24) is 14.3 Å². The zero-order valence-corrected chi connectivity index (χ0v) is 14.3. The number of alkyl halides is 3. The summed E-state index contributed by atoms with van der Waals surface area (Å²) in [7, 11) is 1.43. The van der Waals surface area contributed by atoms with Crippen molar-refractivity contribution in [3.63, 3.8) is 0 Å². The fourth-order valence-electron chi connectivity index (χ4n) is 2.49. The highest BCUT2D eigenvalue weighted by molar-refractivity contribution is 5.66. The first kappa shape index (κ1) is 18.7. The minimum Gasteiger partial charge on any atom is -0.324 e. The molecule has 2 heterocycles. The van der Waals surface area contributed by atoms with Crippen LogP contribution in [-0.2, 0) is 19.8 Å². The highest BCUT2D eigenvalue weighted by atomic mass is 19.4. The molecule has 134 valence electrons. The molecule has 2 aromatic rings. The number of halogens is 3. The molecule has 6 nitrogen and oxygen atoms in total. The van der Waals surface area contributed by atoms with E-state index in [2.05, 4.69) is 5.10 Å². The third-order valence-electron chi connectivity index (χ3n) is 3.65. The molecule has 0 fully saturated rings. The third-order valence-corrected chi connectivity index (χ3v) is 3.65. The van der Waals surface area contributed by atoms with Crippen LogP contribution in [0.25, 0.3) is 11.3 Å². The molecular formula is C16H18F3N5O. The summed E-state index contributed by atoms with van der Waals surface area (Å²) in [4.78, 5) is 12.0. The molecule has 0 atom stereocenters. The summed E-state index contributed by atoms with van der Waals surface area (Å²) in [5, 5.41) is 12.8. The Morgan fingerprint density at radius 2 is 1.96 bits per heavy atom. The number of nitrogens with zero attached hydrogens (tertiary/aromatic N) is 4. The fourth-order valence-corrected chi connectivity index (χ4v) is 2.49. The fraction of sp³-hybridized carbons (Fsp3) is 0.438. The molecule has 0 bridgehead atoms. The van der Waals surface area contributed by atoms with E-state index in [1.807, 2.05) is 6.07 Å². The van der Waals surface area contributed by atoms with Crippen LogP contribution in [0.5, 0.6) is 0 Å². The minimum atomic E-state index is -4.62. The Morgan fingerprint density at radius 1 is 1.36 bits per heavy atom. The predicted octanol–water partition coefficient (Wildman–Crippen LogP) is 2.18. The lowest BCUT2D eigenvalue weighted by Crippen LogP contribution is -2.37. The van der Waals surface area contributed by atoms with Gasteiger partial charge in [0.1, 0.15) is 11.6 Å². The molecule has 9 heteroatoms. The van der Waals surface area contributed by atoms with Gasteiger partial charge in [-0.3, -0.25) is 9.48 Å². The van der Waals surface area contributed by atoms with E-state index in [4.69, 9.17) is 5.73 Å². The van der Waals surface area contributed by atoms with Gasteiger partial charge in [-0.05, 0) is 32.4 Å². The van der Waals surface area contributed by atoms with Gasteiger partial charge in [-0.25, -0.2) is 0 Å². The van der Waals surface area contributed by atoms with Crippen LogP contribution in [0.2, 0.25) is 0 Å². The van der Waals surface area contributed by atoms with Crippen LogP contribution in [0, 0.1) is 18.3 Å². The first-order valence-electron chi connectivity index (χ1n) is 7.40. The van der Waals surface area contributed by atoms with E-state index < -0.39 is 23.0 Å². The van der Waals surface area contributed by atoms with E-state index >= 15 is 0 Å². The highest BCUT2D eigenvalue weighted by Gasteiger charge is 2.36. The number of hydrogen-bond donors (Lipinski definition) is 1. The number of nitriles is 1. The van der Waals surface area contributed by atoms with E-state index in [-0.39, 0.29) is 17.8 Å². The Hall–Kier alpha value is -2.60. The normalized spacial score (nSPS) is 12.3.